The molecule has 0 saturated heterocycles. The van der Waals surface area contributed by atoms with Crippen LogP contribution in [-0.2, 0) is 24.2 Å². The highest BCUT2D eigenvalue weighted by Gasteiger charge is 2.14. The quantitative estimate of drug-likeness (QED) is 0.409. The summed E-state index contributed by atoms with van der Waals surface area (Å²) < 4.78 is 7.82. The van der Waals surface area contributed by atoms with Crippen LogP contribution in [-0.4, -0.2) is 47.5 Å². The predicted molar refractivity (Wildman–Crippen MR) is 96.1 cm³/mol. The van der Waals surface area contributed by atoms with Gasteiger partial charge in [-0.05, 0) is 25.7 Å². The van der Waals surface area contributed by atoms with Gasteiger partial charge in [0.05, 0.1) is 6.54 Å². The number of guanidine groups is 1. The average Bonchev–Trinajstić information content (AvgIpc) is 2.83. The number of aryl methyl sites for hydroxylation is 1. The number of nitrogens with one attached hydrogen (secondary N) is 2. The van der Waals surface area contributed by atoms with Gasteiger partial charge in [0.15, 0.2) is 11.8 Å². The van der Waals surface area contributed by atoms with Crippen LogP contribution in [0, 0.1) is 0 Å². The van der Waals surface area contributed by atoms with E-state index in [1.807, 2.05) is 0 Å². The van der Waals surface area contributed by atoms with E-state index < -0.39 is 0 Å². The van der Waals surface area contributed by atoms with Gasteiger partial charge in [0, 0.05) is 39.8 Å². The zero-order valence-electron chi connectivity index (χ0n) is 15.2. The second-order valence-corrected chi connectivity index (χ2v) is 6.17. The first-order valence-electron chi connectivity index (χ1n) is 9.28. The van der Waals surface area contributed by atoms with Gasteiger partial charge >= 0.3 is 0 Å². The normalized spacial score (nSPS) is 15.0. The summed E-state index contributed by atoms with van der Waals surface area (Å²) in [5.41, 5.74) is 0. The van der Waals surface area contributed by atoms with Crippen LogP contribution < -0.4 is 10.6 Å². The summed E-state index contributed by atoms with van der Waals surface area (Å²) in [4.78, 5) is 4.26. The summed E-state index contributed by atoms with van der Waals surface area (Å²) in [6, 6.07) is 0. The fraction of sp³-hybridized carbons (Fsp3) is 0.824. The lowest BCUT2D eigenvalue weighted by atomic mass is 10.2. The predicted octanol–water partition coefficient (Wildman–Crippen LogP) is 1.88. The topological polar surface area (TPSA) is 76.4 Å². The summed E-state index contributed by atoms with van der Waals surface area (Å²) >= 11 is 0. The molecule has 0 amide bonds. The Hall–Kier alpha value is -1.63. The van der Waals surface area contributed by atoms with Crippen LogP contribution in [0.3, 0.4) is 0 Å². The standard InChI is InChI=1S/C17H32N6O/c1-3-4-12-24-13-8-10-19-17(18-2)20-14-16-22-21-15-9-6-5-7-11-23(15)16/h3-14H2,1-2H3,(H2,18,19,20). The summed E-state index contributed by atoms with van der Waals surface area (Å²) in [7, 11) is 1.79. The molecule has 0 aliphatic carbocycles. The van der Waals surface area contributed by atoms with Gasteiger partial charge in [0.2, 0.25) is 0 Å². The molecule has 0 spiro atoms. The van der Waals surface area contributed by atoms with E-state index in [2.05, 4.69) is 37.3 Å². The molecule has 0 radical (unpaired) electrons. The molecule has 1 aromatic heterocycles. The Morgan fingerprint density at radius 1 is 1.17 bits per heavy atom. The van der Waals surface area contributed by atoms with Gasteiger partial charge in [0.1, 0.15) is 5.82 Å². The molecule has 0 unspecified atom stereocenters. The van der Waals surface area contributed by atoms with Gasteiger partial charge in [-0.25, -0.2) is 0 Å². The number of aliphatic imine (C=N–C) groups is 1. The van der Waals surface area contributed by atoms with Crippen molar-refractivity contribution in [3.8, 4) is 0 Å². The Morgan fingerprint density at radius 3 is 2.88 bits per heavy atom. The fourth-order valence-electron chi connectivity index (χ4n) is 2.79. The van der Waals surface area contributed by atoms with Crippen molar-refractivity contribution >= 4 is 5.96 Å². The molecule has 2 rings (SSSR count). The molecule has 24 heavy (non-hydrogen) atoms. The van der Waals surface area contributed by atoms with E-state index in [1.54, 1.807) is 7.05 Å². The van der Waals surface area contributed by atoms with Gasteiger partial charge < -0.3 is 19.9 Å². The molecule has 1 aliphatic heterocycles. The van der Waals surface area contributed by atoms with Gasteiger partial charge in [-0.1, -0.05) is 19.8 Å². The van der Waals surface area contributed by atoms with Crippen molar-refractivity contribution in [2.45, 2.75) is 65.0 Å². The molecular formula is C17H32N6O. The third-order valence-corrected chi connectivity index (χ3v) is 4.22. The molecule has 1 aromatic rings. The summed E-state index contributed by atoms with van der Waals surface area (Å²) in [5.74, 6) is 2.92. The van der Waals surface area contributed by atoms with Crippen molar-refractivity contribution in [3.63, 3.8) is 0 Å². The van der Waals surface area contributed by atoms with Crippen molar-refractivity contribution in [1.29, 1.82) is 0 Å². The minimum absolute atomic E-state index is 0.652. The molecule has 136 valence electrons. The molecule has 1 aliphatic rings. The minimum atomic E-state index is 0.652. The highest BCUT2D eigenvalue weighted by molar-refractivity contribution is 5.79. The van der Waals surface area contributed by atoms with Gasteiger partial charge in [-0.3, -0.25) is 4.99 Å². The first-order valence-corrected chi connectivity index (χ1v) is 9.28. The zero-order chi connectivity index (χ0) is 17.0. The minimum Gasteiger partial charge on any atom is -0.381 e. The number of unbranched alkanes of at least 4 members (excludes halogenated alkanes) is 1. The Balaban J connectivity index is 1.67. The molecule has 2 N–H and O–H groups in total. The average molecular weight is 336 g/mol. The number of rotatable bonds is 9. The smallest absolute Gasteiger partial charge is 0.191 e. The largest absolute Gasteiger partial charge is 0.381 e. The SMILES string of the molecule is CCCCOCCCNC(=NC)NCc1nnc2n1CCCCC2. The lowest BCUT2D eigenvalue weighted by molar-refractivity contribution is 0.129. The maximum atomic E-state index is 5.56. The number of aromatic nitrogens is 3. The van der Waals surface area contributed by atoms with E-state index >= 15 is 0 Å². The van der Waals surface area contributed by atoms with Gasteiger partial charge in [0.25, 0.3) is 0 Å². The van der Waals surface area contributed by atoms with Gasteiger partial charge in [-0.2, -0.15) is 0 Å². The lowest BCUT2D eigenvalue weighted by Gasteiger charge is -2.12. The van der Waals surface area contributed by atoms with Crippen LogP contribution in [0.1, 0.15) is 57.1 Å². The zero-order valence-corrected chi connectivity index (χ0v) is 15.2. The van der Waals surface area contributed by atoms with Crippen molar-refractivity contribution in [3.05, 3.63) is 11.6 Å². The first-order chi connectivity index (χ1) is 11.8. The molecule has 7 nitrogen and oxygen atoms in total. The molecule has 7 heteroatoms. The number of fused-ring (bicyclic) bond motifs is 1. The van der Waals surface area contributed by atoms with E-state index in [0.29, 0.717) is 6.54 Å². The van der Waals surface area contributed by atoms with Crippen LogP contribution in [0.25, 0.3) is 0 Å². The second kappa shape index (κ2) is 11.0. The van der Waals surface area contributed by atoms with E-state index in [0.717, 1.165) is 63.2 Å². The molecule has 2 heterocycles. The van der Waals surface area contributed by atoms with Gasteiger partial charge in [-0.15, -0.1) is 10.2 Å². The Kier molecular flexibility index (Phi) is 8.59. The third kappa shape index (κ3) is 6.11. The second-order valence-electron chi connectivity index (χ2n) is 6.17. The van der Waals surface area contributed by atoms with Crippen molar-refractivity contribution in [2.75, 3.05) is 26.8 Å². The molecule has 0 fully saturated rings. The fourth-order valence-corrected chi connectivity index (χ4v) is 2.79. The van der Waals surface area contributed by atoms with Crippen LogP contribution in [0.5, 0.6) is 0 Å². The van der Waals surface area contributed by atoms with E-state index in [9.17, 15) is 0 Å². The summed E-state index contributed by atoms with van der Waals surface area (Å²) in [6.45, 7) is 6.36. The van der Waals surface area contributed by atoms with Crippen LogP contribution in [0.2, 0.25) is 0 Å². The maximum Gasteiger partial charge on any atom is 0.191 e. The molecular weight excluding hydrogens is 304 g/mol. The number of nitrogens with zero attached hydrogens (tertiary/aromatic N) is 4. The highest BCUT2D eigenvalue weighted by atomic mass is 16.5. The monoisotopic (exact) mass is 336 g/mol. The Morgan fingerprint density at radius 2 is 2.04 bits per heavy atom. The van der Waals surface area contributed by atoms with Crippen LogP contribution in [0.4, 0.5) is 0 Å². The number of hydrogen-bond donors (Lipinski definition) is 2. The summed E-state index contributed by atoms with van der Waals surface area (Å²) in [6.07, 6.45) is 8.04. The number of hydrogen-bond acceptors (Lipinski definition) is 4. The van der Waals surface area contributed by atoms with Crippen molar-refractivity contribution in [1.82, 2.24) is 25.4 Å². The van der Waals surface area contributed by atoms with Crippen LogP contribution >= 0.6 is 0 Å². The lowest BCUT2D eigenvalue weighted by Crippen LogP contribution is -2.38. The van der Waals surface area contributed by atoms with E-state index in [-0.39, 0.29) is 0 Å². The van der Waals surface area contributed by atoms with E-state index in [1.165, 1.54) is 25.7 Å². The molecule has 0 atom stereocenters. The van der Waals surface area contributed by atoms with Crippen LogP contribution in [0.15, 0.2) is 4.99 Å². The third-order valence-electron chi connectivity index (χ3n) is 4.22. The first kappa shape index (κ1) is 18.7. The number of ether oxygens (including phenoxy) is 1. The van der Waals surface area contributed by atoms with Crippen molar-refractivity contribution < 1.29 is 4.74 Å². The van der Waals surface area contributed by atoms with E-state index in [4.69, 9.17) is 4.74 Å². The highest BCUT2D eigenvalue weighted by Crippen LogP contribution is 2.14. The molecule has 0 aromatic carbocycles. The van der Waals surface area contributed by atoms with Crippen molar-refractivity contribution in [2.24, 2.45) is 4.99 Å². The Bertz CT molecular complexity index is 499. The molecule has 0 bridgehead atoms. The Labute approximate surface area is 145 Å². The summed E-state index contributed by atoms with van der Waals surface area (Å²) in [5, 5.41) is 15.3. The molecule has 0 saturated carbocycles. The maximum absolute atomic E-state index is 5.56.